The van der Waals surface area contributed by atoms with E-state index in [1.165, 1.54) is 0 Å². The lowest BCUT2D eigenvalue weighted by atomic mass is 10.1. The summed E-state index contributed by atoms with van der Waals surface area (Å²) in [6.07, 6.45) is 0.735. The summed E-state index contributed by atoms with van der Waals surface area (Å²) in [7, 11) is 0. The molecule has 6 heteroatoms. The number of halogens is 1. The first-order valence-electron chi connectivity index (χ1n) is 5.42. The van der Waals surface area contributed by atoms with Crippen LogP contribution in [0, 0.1) is 11.3 Å². The van der Waals surface area contributed by atoms with Gasteiger partial charge in [-0.15, -0.1) is 0 Å². The summed E-state index contributed by atoms with van der Waals surface area (Å²) in [5.41, 5.74) is 6.53. The molecule has 0 aliphatic rings. The summed E-state index contributed by atoms with van der Waals surface area (Å²) in [5, 5.41) is 10.7. The van der Waals surface area contributed by atoms with Gasteiger partial charge >= 0.3 is 0 Å². The predicted molar refractivity (Wildman–Crippen MR) is 71.0 cm³/mol. The number of carbonyl (C=O) groups excluding carboxylic acids is 1. The molecule has 0 atom stereocenters. The molecule has 0 heterocycles. The van der Waals surface area contributed by atoms with Crippen molar-refractivity contribution >= 4 is 21.8 Å². The first kappa shape index (κ1) is 14.5. The second-order valence-corrected chi connectivity index (χ2v) is 4.37. The van der Waals surface area contributed by atoms with Crippen LogP contribution in [0.4, 0.5) is 0 Å². The number of nitrogens with zero attached hydrogens (tertiary/aromatic N) is 1. The SMILES string of the molecule is N#CCNC(=O)COc1ccc(Br)c(CCN)c1. The minimum Gasteiger partial charge on any atom is -0.484 e. The minimum absolute atomic E-state index is 0.0129. The van der Waals surface area contributed by atoms with E-state index in [1.807, 2.05) is 18.2 Å². The van der Waals surface area contributed by atoms with Crippen LogP contribution in [0.3, 0.4) is 0 Å². The van der Waals surface area contributed by atoms with Crippen LogP contribution in [0.1, 0.15) is 5.56 Å². The molecule has 0 aliphatic heterocycles. The maximum absolute atomic E-state index is 11.2. The first-order chi connectivity index (χ1) is 8.67. The van der Waals surface area contributed by atoms with Crippen LogP contribution >= 0.6 is 15.9 Å². The summed E-state index contributed by atoms with van der Waals surface area (Å²) >= 11 is 3.42. The Bertz CT molecular complexity index is 457. The van der Waals surface area contributed by atoms with Crippen LogP contribution in [0.15, 0.2) is 22.7 Å². The highest BCUT2D eigenvalue weighted by molar-refractivity contribution is 9.10. The van der Waals surface area contributed by atoms with Crippen molar-refractivity contribution in [2.45, 2.75) is 6.42 Å². The summed E-state index contributed by atoms with van der Waals surface area (Å²) in [4.78, 5) is 11.2. The van der Waals surface area contributed by atoms with Gasteiger partial charge in [-0.05, 0) is 36.7 Å². The standard InChI is InChI=1S/C12H14BrN3O2/c13-11-2-1-10(7-9(11)3-4-14)18-8-12(17)16-6-5-15/h1-2,7H,3-4,6,8,14H2,(H,16,17). The number of nitrogens with two attached hydrogens (primary N) is 1. The number of nitrogens with one attached hydrogen (secondary N) is 1. The predicted octanol–water partition coefficient (Wildman–Crippen LogP) is 0.969. The van der Waals surface area contributed by atoms with Gasteiger partial charge in [0.15, 0.2) is 6.61 Å². The molecule has 1 aromatic rings. The molecule has 0 bridgehead atoms. The van der Waals surface area contributed by atoms with E-state index in [-0.39, 0.29) is 19.1 Å². The Balaban J connectivity index is 2.55. The van der Waals surface area contributed by atoms with E-state index in [4.69, 9.17) is 15.7 Å². The largest absolute Gasteiger partial charge is 0.484 e. The van der Waals surface area contributed by atoms with Crippen molar-refractivity contribution < 1.29 is 9.53 Å². The van der Waals surface area contributed by atoms with Crippen molar-refractivity contribution in [1.29, 1.82) is 5.26 Å². The molecular weight excluding hydrogens is 298 g/mol. The lowest BCUT2D eigenvalue weighted by molar-refractivity contribution is -0.122. The van der Waals surface area contributed by atoms with E-state index in [2.05, 4.69) is 21.2 Å². The van der Waals surface area contributed by atoms with Crippen LogP contribution in [0.5, 0.6) is 5.75 Å². The maximum Gasteiger partial charge on any atom is 0.258 e. The van der Waals surface area contributed by atoms with Gasteiger partial charge in [0.25, 0.3) is 5.91 Å². The fourth-order valence-corrected chi connectivity index (χ4v) is 1.77. The smallest absolute Gasteiger partial charge is 0.258 e. The fraction of sp³-hybridized carbons (Fsp3) is 0.333. The van der Waals surface area contributed by atoms with Gasteiger partial charge in [-0.25, -0.2) is 0 Å². The van der Waals surface area contributed by atoms with Crippen LogP contribution in [-0.2, 0) is 11.2 Å². The molecule has 3 N–H and O–H groups in total. The molecule has 1 rings (SSSR count). The highest BCUT2D eigenvalue weighted by atomic mass is 79.9. The molecule has 0 spiro atoms. The van der Waals surface area contributed by atoms with Gasteiger partial charge in [-0.3, -0.25) is 4.79 Å². The lowest BCUT2D eigenvalue weighted by Gasteiger charge is -2.09. The van der Waals surface area contributed by atoms with Crippen molar-refractivity contribution in [3.8, 4) is 11.8 Å². The monoisotopic (exact) mass is 311 g/mol. The van der Waals surface area contributed by atoms with E-state index >= 15 is 0 Å². The van der Waals surface area contributed by atoms with E-state index in [0.29, 0.717) is 12.3 Å². The summed E-state index contributed by atoms with van der Waals surface area (Å²) in [6, 6.07) is 7.28. The number of benzene rings is 1. The van der Waals surface area contributed by atoms with E-state index in [0.717, 1.165) is 16.5 Å². The number of nitriles is 1. The van der Waals surface area contributed by atoms with Gasteiger partial charge in [-0.1, -0.05) is 15.9 Å². The van der Waals surface area contributed by atoms with Gasteiger partial charge in [0.2, 0.25) is 0 Å². The van der Waals surface area contributed by atoms with E-state index in [1.54, 1.807) is 6.07 Å². The molecule has 5 nitrogen and oxygen atoms in total. The molecular formula is C12H14BrN3O2. The Labute approximate surface area is 114 Å². The topological polar surface area (TPSA) is 88.1 Å². The summed E-state index contributed by atoms with van der Waals surface area (Å²) in [5.74, 6) is 0.286. The maximum atomic E-state index is 11.2. The zero-order chi connectivity index (χ0) is 13.4. The van der Waals surface area contributed by atoms with Gasteiger partial charge < -0.3 is 15.8 Å². The van der Waals surface area contributed by atoms with Crippen molar-refractivity contribution in [3.63, 3.8) is 0 Å². The van der Waals surface area contributed by atoms with Crippen molar-refractivity contribution in [2.24, 2.45) is 5.73 Å². The second kappa shape index (κ2) is 7.69. The quantitative estimate of drug-likeness (QED) is 0.766. The highest BCUT2D eigenvalue weighted by Crippen LogP contribution is 2.22. The third-order valence-electron chi connectivity index (χ3n) is 2.17. The molecule has 96 valence electrons. The number of ether oxygens (including phenoxy) is 1. The third-order valence-corrected chi connectivity index (χ3v) is 2.94. The van der Waals surface area contributed by atoms with Gasteiger partial charge in [-0.2, -0.15) is 5.26 Å². The van der Waals surface area contributed by atoms with Crippen molar-refractivity contribution in [3.05, 3.63) is 28.2 Å². The average molecular weight is 312 g/mol. The van der Waals surface area contributed by atoms with Crippen LogP contribution < -0.4 is 15.8 Å². The van der Waals surface area contributed by atoms with Crippen LogP contribution in [-0.4, -0.2) is 25.6 Å². The molecule has 0 saturated heterocycles. The Morgan fingerprint density at radius 1 is 1.56 bits per heavy atom. The number of rotatable bonds is 6. The molecule has 1 aromatic carbocycles. The summed E-state index contributed by atoms with van der Waals surface area (Å²) in [6.45, 7) is 0.428. The molecule has 0 fully saturated rings. The van der Waals surface area contributed by atoms with Crippen molar-refractivity contribution in [1.82, 2.24) is 5.32 Å². The Kier molecular flexibility index (Phi) is 6.19. The lowest BCUT2D eigenvalue weighted by Crippen LogP contribution is -2.29. The highest BCUT2D eigenvalue weighted by Gasteiger charge is 2.05. The normalized spacial score (nSPS) is 9.61. The van der Waals surface area contributed by atoms with Gasteiger partial charge in [0, 0.05) is 4.47 Å². The third kappa shape index (κ3) is 4.73. The zero-order valence-electron chi connectivity index (χ0n) is 9.78. The molecule has 18 heavy (non-hydrogen) atoms. The molecule has 0 aromatic heterocycles. The Hall–Kier alpha value is -1.58. The van der Waals surface area contributed by atoms with E-state index in [9.17, 15) is 4.79 Å². The molecule has 0 saturated carbocycles. The number of amides is 1. The second-order valence-electron chi connectivity index (χ2n) is 3.52. The molecule has 1 amide bonds. The number of hydrogen-bond donors (Lipinski definition) is 2. The van der Waals surface area contributed by atoms with Crippen LogP contribution in [0.2, 0.25) is 0 Å². The Morgan fingerprint density at radius 2 is 2.33 bits per heavy atom. The van der Waals surface area contributed by atoms with Crippen molar-refractivity contribution in [2.75, 3.05) is 19.7 Å². The van der Waals surface area contributed by atoms with Gasteiger partial charge in [0.1, 0.15) is 12.3 Å². The average Bonchev–Trinajstić information content (AvgIpc) is 2.37. The van der Waals surface area contributed by atoms with Gasteiger partial charge in [0.05, 0.1) is 6.07 Å². The number of carbonyl (C=O) groups is 1. The molecule has 0 aliphatic carbocycles. The Morgan fingerprint density at radius 3 is 3.00 bits per heavy atom. The molecule has 0 radical (unpaired) electrons. The minimum atomic E-state index is -0.320. The fourth-order valence-electron chi connectivity index (χ4n) is 1.33. The van der Waals surface area contributed by atoms with Crippen LogP contribution in [0.25, 0.3) is 0 Å². The number of hydrogen-bond acceptors (Lipinski definition) is 4. The first-order valence-corrected chi connectivity index (χ1v) is 6.21. The molecule has 0 unspecified atom stereocenters. The summed E-state index contributed by atoms with van der Waals surface area (Å²) < 4.78 is 6.29. The van der Waals surface area contributed by atoms with E-state index < -0.39 is 0 Å². The zero-order valence-corrected chi connectivity index (χ0v) is 11.4.